The number of hydrogen-bond donors (Lipinski definition) is 1. The van der Waals surface area contributed by atoms with Gasteiger partial charge < -0.3 is 10.2 Å². The molecule has 0 aromatic rings. The van der Waals surface area contributed by atoms with E-state index in [1.807, 2.05) is 0 Å². The Morgan fingerprint density at radius 2 is 2.06 bits per heavy atom. The summed E-state index contributed by atoms with van der Waals surface area (Å²) in [5.41, 5.74) is 0. The Hall–Kier alpha value is -0.0800. The van der Waals surface area contributed by atoms with E-state index >= 15 is 0 Å². The zero-order chi connectivity index (χ0) is 11.7. The molecule has 1 aliphatic carbocycles. The molecule has 0 aromatic carbocycles. The molecule has 4 unspecified atom stereocenters. The van der Waals surface area contributed by atoms with E-state index in [9.17, 15) is 0 Å². The molecule has 0 radical (unpaired) electrons. The van der Waals surface area contributed by atoms with Crippen LogP contribution in [0.25, 0.3) is 0 Å². The van der Waals surface area contributed by atoms with Gasteiger partial charge in [0.2, 0.25) is 0 Å². The molecule has 2 heteroatoms. The third kappa shape index (κ3) is 2.68. The lowest BCUT2D eigenvalue weighted by Crippen LogP contribution is -2.39. The van der Waals surface area contributed by atoms with Crippen molar-refractivity contribution in [2.45, 2.75) is 64.0 Å². The summed E-state index contributed by atoms with van der Waals surface area (Å²) in [6.07, 6.45) is 10.2. The summed E-state index contributed by atoms with van der Waals surface area (Å²) in [6, 6.07) is 1.68. The third-order valence-electron chi connectivity index (χ3n) is 5.37. The second-order valence-corrected chi connectivity index (χ2v) is 6.57. The van der Waals surface area contributed by atoms with Gasteiger partial charge in [-0.2, -0.15) is 0 Å². The summed E-state index contributed by atoms with van der Waals surface area (Å²) in [5, 5.41) is 3.91. The van der Waals surface area contributed by atoms with Gasteiger partial charge in [0.1, 0.15) is 0 Å². The normalized spacial score (nSPS) is 42.9. The molecule has 2 saturated heterocycles. The number of nitrogens with zero attached hydrogens (tertiary/aromatic N) is 1. The van der Waals surface area contributed by atoms with Crippen LogP contribution >= 0.6 is 0 Å². The van der Waals surface area contributed by atoms with Crippen LogP contribution < -0.4 is 5.32 Å². The van der Waals surface area contributed by atoms with Gasteiger partial charge in [0, 0.05) is 25.2 Å². The Balaban J connectivity index is 1.47. The SMILES string of the molecule is CCC1CCN(CC2CC3CCCCC3N2)C1. The van der Waals surface area contributed by atoms with Crippen LogP contribution in [0.3, 0.4) is 0 Å². The Kier molecular flexibility index (Phi) is 3.72. The monoisotopic (exact) mass is 236 g/mol. The van der Waals surface area contributed by atoms with Crippen molar-refractivity contribution in [1.82, 2.24) is 10.2 Å². The lowest BCUT2D eigenvalue weighted by molar-refractivity contribution is 0.286. The maximum atomic E-state index is 3.91. The minimum Gasteiger partial charge on any atom is -0.310 e. The van der Waals surface area contributed by atoms with Crippen molar-refractivity contribution in [3.8, 4) is 0 Å². The predicted molar refractivity (Wildman–Crippen MR) is 72.1 cm³/mol. The zero-order valence-corrected chi connectivity index (χ0v) is 11.3. The van der Waals surface area contributed by atoms with Gasteiger partial charge in [0.15, 0.2) is 0 Å². The van der Waals surface area contributed by atoms with Crippen LogP contribution in [0.2, 0.25) is 0 Å². The molecule has 0 bridgehead atoms. The first-order chi connectivity index (χ1) is 8.35. The van der Waals surface area contributed by atoms with Crippen molar-refractivity contribution in [3.63, 3.8) is 0 Å². The molecule has 3 aliphatic rings. The van der Waals surface area contributed by atoms with E-state index in [4.69, 9.17) is 0 Å². The summed E-state index contributed by atoms with van der Waals surface area (Å²) < 4.78 is 0. The van der Waals surface area contributed by atoms with Crippen LogP contribution in [0.15, 0.2) is 0 Å². The molecule has 1 N–H and O–H groups in total. The van der Waals surface area contributed by atoms with Gasteiger partial charge in [-0.3, -0.25) is 0 Å². The standard InChI is InChI=1S/C15H28N2/c1-2-12-7-8-17(10-12)11-14-9-13-5-3-4-6-15(13)16-14/h12-16H,2-11H2,1H3. The van der Waals surface area contributed by atoms with E-state index in [1.54, 1.807) is 0 Å². The molecule has 0 spiro atoms. The molecular weight excluding hydrogens is 208 g/mol. The molecular formula is C15H28N2. The van der Waals surface area contributed by atoms with Crippen molar-refractivity contribution in [2.75, 3.05) is 19.6 Å². The Morgan fingerprint density at radius 1 is 1.18 bits per heavy atom. The van der Waals surface area contributed by atoms with Crippen molar-refractivity contribution in [2.24, 2.45) is 11.8 Å². The number of likely N-dealkylation sites (tertiary alicyclic amines) is 1. The first-order valence-electron chi connectivity index (χ1n) is 7.83. The van der Waals surface area contributed by atoms with Crippen molar-refractivity contribution in [1.29, 1.82) is 0 Å². The molecule has 17 heavy (non-hydrogen) atoms. The highest BCUT2D eigenvalue weighted by atomic mass is 15.2. The van der Waals surface area contributed by atoms with Crippen molar-refractivity contribution < 1.29 is 0 Å². The van der Waals surface area contributed by atoms with Crippen LogP contribution in [0.4, 0.5) is 0 Å². The van der Waals surface area contributed by atoms with Crippen LogP contribution in [0.5, 0.6) is 0 Å². The van der Waals surface area contributed by atoms with Gasteiger partial charge in [-0.1, -0.05) is 26.2 Å². The lowest BCUT2D eigenvalue weighted by Gasteiger charge is -2.24. The topological polar surface area (TPSA) is 15.3 Å². The molecule has 98 valence electrons. The molecule has 4 atom stereocenters. The smallest absolute Gasteiger partial charge is 0.0200 e. The fourth-order valence-electron chi connectivity index (χ4n) is 4.30. The van der Waals surface area contributed by atoms with Gasteiger partial charge in [-0.05, 0) is 44.1 Å². The molecule has 3 fully saturated rings. The maximum Gasteiger partial charge on any atom is 0.0200 e. The maximum absolute atomic E-state index is 3.91. The van der Waals surface area contributed by atoms with E-state index in [0.717, 1.165) is 23.9 Å². The largest absolute Gasteiger partial charge is 0.310 e. The average Bonchev–Trinajstić information content (AvgIpc) is 2.94. The number of hydrogen-bond acceptors (Lipinski definition) is 2. The summed E-state index contributed by atoms with van der Waals surface area (Å²) in [7, 11) is 0. The lowest BCUT2D eigenvalue weighted by atomic mass is 9.85. The Labute approximate surface area is 106 Å². The van der Waals surface area contributed by atoms with E-state index < -0.39 is 0 Å². The fourth-order valence-corrected chi connectivity index (χ4v) is 4.30. The summed E-state index contributed by atoms with van der Waals surface area (Å²) >= 11 is 0. The summed E-state index contributed by atoms with van der Waals surface area (Å²) in [4.78, 5) is 2.71. The average molecular weight is 236 g/mol. The van der Waals surface area contributed by atoms with Crippen LogP contribution in [-0.4, -0.2) is 36.6 Å². The molecule has 2 nitrogen and oxygen atoms in total. The van der Waals surface area contributed by atoms with Crippen molar-refractivity contribution in [3.05, 3.63) is 0 Å². The second-order valence-electron chi connectivity index (χ2n) is 6.57. The van der Waals surface area contributed by atoms with Gasteiger partial charge in [0.25, 0.3) is 0 Å². The molecule has 0 aromatic heterocycles. The number of rotatable bonds is 3. The van der Waals surface area contributed by atoms with E-state index in [0.29, 0.717) is 0 Å². The third-order valence-corrected chi connectivity index (χ3v) is 5.37. The van der Waals surface area contributed by atoms with E-state index in [2.05, 4.69) is 17.1 Å². The van der Waals surface area contributed by atoms with Crippen molar-refractivity contribution >= 4 is 0 Å². The predicted octanol–water partition coefficient (Wildman–Crippen LogP) is 2.64. The molecule has 2 aliphatic heterocycles. The molecule has 2 heterocycles. The van der Waals surface area contributed by atoms with Gasteiger partial charge in [-0.15, -0.1) is 0 Å². The van der Waals surface area contributed by atoms with Crippen LogP contribution in [-0.2, 0) is 0 Å². The summed E-state index contributed by atoms with van der Waals surface area (Å²) in [6.45, 7) is 6.38. The van der Waals surface area contributed by atoms with Gasteiger partial charge in [0.05, 0.1) is 0 Å². The Bertz CT molecular complexity index is 239. The summed E-state index contributed by atoms with van der Waals surface area (Å²) in [5.74, 6) is 2.00. The highest BCUT2D eigenvalue weighted by Gasteiger charge is 2.36. The molecule has 1 saturated carbocycles. The quantitative estimate of drug-likeness (QED) is 0.810. The van der Waals surface area contributed by atoms with Crippen LogP contribution in [0, 0.1) is 11.8 Å². The highest BCUT2D eigenvalue weighted by Crippen LogP contribution is 2.33. The van der Waals surface area contributed by atoms with Gasteiger partial charge >= 0.3 is 0 Å². The molecule has 0 amide bonds. The van der Waals surface area contributed by atoms with E-state index in [1.165, 1.54) is 64.6 Å². The zero-order valence-electron chi connectivity index (χ0n) is 11.3. The fraction of sp³-hybridized carbons (Fsp3) is 1.00. The van der Waals surface area contributed by atoms with Crippen LogP contribution in [0.1, 0.15) is 51.9 Å². The first kappa shape index (κ1) is 12.0. The minimum atomic E-state index is 0.804. The second kappa shape index (κ2) is 5.27. The highest BCUT2D eigenvalue weighted by molar-refractivity contribution is 4.94. The van der Waals surface area contributed by atoms with Gasteiger partial charge in [-0.25, -0.2) is 0 Å². The number of fused-ring (bicyclic) bond motifs is 1. The van der Waals surface area contributed by atoms with E-state index in [-0.39, 0.29) is 0 Å². The Morgan fingerprint density at radius 3 is 2.82 bits per heavy atom. The first-order valence-corrected chi connectivity index (χ1v) is 7.83. The molecule has 3 rings (SSSR count). The number of nitrogens with one attached hydrogen (secondary N) is 1. The minimum absolute atomic E-state index is 0.804.